The highest BCUT2D eigenvalue weighted by atomic mass is 16.6. The lowest BCUT2D eigenvalue weighted by atomic mass is 9.98. The molecule has 262 valence electrons. The molecule has 2 aromatic carbocycles. The average molecular weight is 664 g/mol. The number of rotatable bonds is 28. The van der Waals surface area contributed by atoms with Crippen molar-refractivity contribution < 1.29 is 57.0 Å². The number of benzene rings is 2. The fraction of sp³-hybridized carbons (Fsp3) is 0.588. The Morgan fingerprint density at radius 2 is 0.936 bits per heavy atom. The Morgan fingerprint density at radius 1 is 0.553 bits per heavy atom. The van der Waals surface area contributed by atoms with E-state index in [1.807, 2.05) is 24.3 Å². The third kappa shape index (κ3) is 16.0. The summed E-state index contributed by atoms with van der Waals surface area (Å²) < 4.78 is 53.2. The SMILES string of the molecule is COC(=O)COCCOCCOCCOCCOCCOCCOCCOCCNC(=O)OCC1c2ccccc2-c2ccccc21. The van der Waals surface area contributed by atoms with E-state index in [1.165, 1.54) is 29.4 Å². The van der Waals surface area contributed by atoms with Gasteiger partial charge >= 0.3 is 12.1 Å². The molecule has 0 saturated carbocycles. The second-order valence-corrected chi connectivity index (χ2v) is 10.2. The predicted molar refractivity (Wildman–Crippen MR) is 172 cm³/mol. The van der Waals surface area contributed by atoms with Crippen molar-refractivity contribution in [2.75, 3.05) is 126 Å². The molecule has 13 nitrogen and oxygen atoms in total. The molecule has 13 heteroatoms. The monoisotopic (exact) mass is 663 g/mol. The van der Waals surface area contributed by atoms with E-state index in [-0.39, 0.29) is 19.1 Å². The maximum absolute atomic E-state index is 12.2. The minimum atomic E-state index is -0.456. The molecule has 2 aromatic rings. The van der Waals surface area contributed by atoms with Gasteiger partial charge in [-0.1, -0.05) is 48.5 Å². The molecule has 47 heavy (non-hydrogen) atoms. The van der Waals surface area contributed by atoms with Crippen molar-refractivity contribution in [2.24, 2.45) is 0 Å². The first-order chi connectivity index (χ1) is 23.2. The van der Waals surface area contributed by atoms with Gasteiger partial charge in [-0.05, 0) is 22.3 Å². The number of nitrogens with one attached hydrogen (secondary N) is 1. The highest BCUT2D eigenvalue weighted by molar-refractivity contribution is 5.79. The summed E-state index contributed by atoms with van der Waals surface area (Å²) in [6, 6.07) is 16.5. The van der Waals surface area contributed by atoms with Gasteiger partial charge in [0, 0.05) is 12.5 Å². The molecule has 0 saturated heterocycles. The summed E-state index contributed by atoms with van der Waals surface area (Å²) >= 11 is 0. The first kappa shape index (κ1) is 38.3. The van der Waals surface area contributed by atoms with Crippen LogP contribution in [0.2, 0.25) is 0 Å². The van der Waals surface area contributed by atoms with E-state index in [4.69, 9.17) is 42.6 Å². The Bertz CT molecular complexity index is 1090. The molecule has 1 amide bonds. The Kier molecular flexibility index (Phi) is 20.3. The lowest BCUT2D eigenvalue weighted by molar-refractivity contribution is -0.146. The molecule has 3 rings (SSSR count). The number of ether oxygens (including phenoxy) is 10. The van der Waals surface area contributed by atoms with Crippen molar-refractivity contribution in [3.8, 4) is 11.1 Å². The summed E-state index contributed by atoms with van der Waals surface area (Å²) in [7, 11) is 1.31. The first-order valence-corrected chi connectivity index (χ1v) is 16.0. The zero-order valence-electron chi connectivity index (χ0n) is 27.3. The number of amides is 1. The second-order valence-electron chi connectivity index (χ2n) is 10.2. The molecule has 0 radical (unpaired) electrons. The van der Waals surface area contributed by atoms with Gasteiger partial charge < -0.3 is 52.7 Å². The molecule has 1 aliphatic rings. The van der Waals surface area contributed by atoms with E-state index in [9.17, 15) is 9.59 Å². The molecule has 0 aliphatic heterocycles. The molecule has 0 heterocycles. The highest BCUT2D eigenvalue weighted by Crippen LogP contribution is 2.44. The van der Waals surface area contributed by atoms with Crippen LogP contribution in [0.15, 0.2) is 48.5 Å². The Morgan fingerprint density at radius 3 is 1.36 bits per heavy atom. The summed E-state index contributed by atoms with van der Waals surface area (Å²) in [6.07, 6.45) is -0.456. The van der Waals surface area contributed by atoms with Crippen molar-refractivity contribution in [2.45, 2.75) is 5.92 Å². The summed E-state index contributed by atoms with van der Waals surface area (Å²) in [5.74, 6) is -0.376. The van der Waals surface area contributed by atoms with E-state index in [2.05, 4.69) is 34.3 Å². The summed E-state index contributed by atoms with van der Waals surface area (Å²) in [5.41, 5.74) is 4.76. The first-order valence-electron chi connectivity index (χ1n) is 16.0. The van der Waals surface area contributed by atoms with E-state index < -0.39 is 12.1 Å². The van der Waals surface area contributed by atoms with Crippen LogP contribution in [0.5, 0.6) is 0 Å². The number of alkyl carbamates (subject to hydrolysis) is 1. The van der Waals surface area contributed by atoms with Gasteiger partial charge in [0.1, 0.15) is 13.2 Å². The van der Waals surface area contributed by atoms with Gasteiger partial charge in [-0.25, -0.2) is 9.59 Å². The zero-order valence-corrected chi connectivity index (χ0v) is 27.3. The number of carbonyl (C=O) groups excluding carboxylic acids is 2. The fourth-order valence-corrected chi connectivity index (χ4v) is 4.63. The van der Waals surface area contributed by atoms with Gasteiger partial charge in [0.2, 0.25) is 0 Å². The Hall–Kier alpha value is -3.14. The molecule has 0 aromatic heterocycles. The topological polar surface area (TPSA) is 138 Å². The lowest BCUT2D eigenvalue weighted by Crippen LogP contribution is -2.29. The van der Waals surface area contributed by atoms with E-state index in [0.717, 1.165) is 0 Å². The Labute approximate surface area is 277 Å². The number of methoxy groups -OCH3 is 1. The highest BCUT2D eigenvalue weighted by Gasteiger charge is 2.28. The standard InChI is InChI=1S/C34H49NO12/c1-38-33(36)27-46-25-24-45-23-22-44-21-20-43-19-18-42-17-16-41-15-14-40-13-12-39-11-10-35-34(37)47-26-32-30-8-4-2-6-28(30)29-7-3-5-9-31(29)32/h2-9,32H,10-27H2,1H3,(H,35,37). The van der Waals surface area contributed by atoms with Crippen molar-refractivity contribution in [1.29, 1.82) is 0 Å². The lowest BCUT2D eigenvalue weighted by Gasteiger charge is -2.14. The van der Waals surface area contributed by atoms with E-state index in [0.29, 0.717) is 106 Å². The van der Waals surface area contributed by atoms with Crippen molar-refractivity contribution in [3.63, 3.8) is 0 Å². The van der Waals surface area contributed by atoms with E-state index in [1.54, 1.807) is 0 Å². The number of hydrogen-bond acceptors (Lipinski definition) is 12. The van der Waals surface area contributed by atoms with Crippen LogP contribution in [0.3, 0.4) is 0 Å². The van der Waals surface area contributed by atoms with Crippen LogP contribution in [-0.2, 0) is 52.2 Å². The molecule has 0 spiro atoms. The number of carbonyl (C=O) groups is 2. The average Bonchev–Trinajstić information content (AvgIpc) is 3.42. The van der Waals surface area contributed by atoms with Crippen LogP contribution in [0.4, 0.5) is 4.79 Å². The van der Waals surface area contributed by atoms with Gasteiger partial charge in [-0.3, -0.25) is 0 Å². The molecular weight excluding hydrogens is 614 g/mol. The summed E-state index contributed by atoms with van der Waals surface area (Å²) in [6.45, 7) is 7.13. The van der Waals surface area contributed by atoms with Gasteiger partial charge in [0.25, 0.3) is 0 Å². The third-order valence-electron chi connectivity index (χ3n) is 6.91. The second kappa shape index (κ2) is 25.0. The Balaban J connectivity index is 1.000. The van der Waals surface area contributed by atoms with Crippen molar-refractivity contribution >= 4 is 12.1 Å². The van der Waals surface area contributed by atoms with Crippen LogP contribution in [0.1, 0.15) is 17.0 Å². The van der Waals surface area contributed by atoms with Crippen LogP contribution in [0.25, 0.3) is 11.1 Å². The maximum atomic E-state index is 12.2. The van der Waals surface area contributed by atoms with Crippen LogP contribution < -0.4 is 5.32 Å². The minimum absolute atomic E-state index is 0.0355. The normalized spacial score (nSPS) is 12.1. The molecule has 0 atom stereocenters. The number of hydrogen-bond donors (Lipinski definition) is 1. The fourth-order valence-electron chi connectivity index (χ4n) is 4.63. The molecule has 0 fully saturated rings. The quantitative estimate of drug-likeness (QED) is 0.106. The van der Waals surface area contributed by atoms with Crippen LogP contribution in [0, 0.1) is 0 Å². The largest absolute Gasteiger partial charge is 0.467 e. The molecular formula is C34H49NO12. The smallest absolute Gasteiger partial charge is 0.407 e. The van der Waals surface area contributed by atoms with Gasteiger partial charge in [-0.2, -0.15) is 0 Å². The van der Waals surface area contributed by atoms with Gasteiger partial charge in [-0.15, -0.1) is 0 Å². The van der Waals surface area contributed by atoms with Gasteiger partial charge in [0.05, 0.1) is 106 Å². The maximum Gasteiger partial charge on any atom is 0.407 e. The van der Waals surface area contributed by atoms with Crippen molar-refractivity contribution in [1.82, 2.24) is 5.32 Å². The third-order valence-corrected chi connectivity index (χ3v) is 6.91. The molecule has 0 bridgehead atoms. The number of esters is 1. The van der Waals surface area contributed by atoms with Gasteiger partial charge in [0.15, 0.2) is 0 Å². The predicted octanol–water partition coefficient (Wildman–Crippen LogP) is 2.83. The van der Waals surface area contributed by atoms with Crippen molar-refractivity contribution in [3.05, 3.63) is 59.7 Å². The van der Waals surface area contributed by atoms with E-state index >= 15 is 0 Å². The van der Waals surface area contributed by atoms with Crippen LogP contribution >= 0.6 is 0 Å². The number of fused-ring (bicyclic) bond motifs is 3. The summed E-state index contributed by atoms with van der Waals surface area (Å²) in [4.78, 5) is 23.1. The molecule has 1 aliphatic carbocycles. The molecule has 1 N–H and O–H groups in total. The summed E-state index contributed by atoms with van der Waals surface area (Å²) in [5, 5.41) is 2.73. The van der Waals surface area contributed by atoms with Crippen LogP contribution in [-0.4, -0.2) is 138 Å². The molecule has 0 unspecified atom stereocenters. The minimum Gasteiger partial charge on any atom is -0.467 e. The zero-order chi connectivity index (χ0) is 33.2.